The van der Waals surface area contributed by atoms with Gasteiger partial charge in [-0.1, -0.05) is 36.4 Å². The van der Waals surface area contributed by atoms with Crippen molar-refractivity contribution >= 4 is 10.8 Å². The Morgan fingerprint density at radius 3 is 2.75 bits per heavy atom. The van der Waals surface area contributed by atoms with Crippen molar-refractivity contribution in [2.75, 3.05) is 0 Å². The summed E-state index contributed by atoms with van der Waals surface area (Å²) in [6.07, 6.45) is 0. The summed E-state index contributed by atoms with van der Waals surface area (Å²) in [5.41, 5.74) is 5.67. The van der Waals surface area contributed by atoms with Crippen molar-refractivity contribution in [3.63, 3.8) is 0 Å². The Morgan fingerprint density at radius 1 is 1.15 bits per heavy atom. The number of benzene rings is 2. The lowest BCUT2D eigenvalue weighted by Gasteiger charge is -2.07. The van der Waals surface area contributed by atoms with E-state index in [0.29, 0.717) is 11.8 Å². The van der Waals surface area contributed by atoms with E-state index in [0.717, 1.165) is 16.5 Å². The zero-order valence-electron chi connectivity index (χ0n) is 11.1. The molecule has 0 saturated carbocycles. The van der Waals surface area contributed by atoms with Crippen molar-refractivity contribution in [3.05, 3.63) is 54.2 Å². The van der Waals surface area contributed by atoms with E-state index in [1.807, 2.05) is 42.5 Å². The van der Waals surface area contributed by atoms with Crippen molar-refractivity contribution in [2.24, 2.45) is 5.73 Å². The first-order valence-corrected chi connectivity index (χ1v) is 6.42. The number of fused-ring (bicyclic) bond motifs is 1. The van der Waals surface area contributed by atoms with Crippen LogP contribution in [0.5, 0.6) is 5.75 Å². The minimum atomic E-state index is -0.270. The summed E-state index contributed by atoms with van der Waals surface area (Å²) in [6.45, 7) is 2.02. The Balaban J connectivity index is 1.79. The molecule has 0 spiro atoms. The van der Waals surface area contributed by atoms with Crippen LogP contribution in [0.3, 0.4) is 0 Å². The van der Waals surface area contributed by atoms with Crippen LogP contribution in [0.25, 0.3) is 10.8 Å². The van der Waals surface area contributed by atoms with Gasteiger partial charge in [-0.25, -0.2) is 0 Å². The van der Waals surface area contributed by atoms with Crippen molar-refractivity contribution < 1.29 is 9.15 Å². The summed E-state index contributed by atoms with van der Waals surface area (Å²) in [4.78, 5) is 0. The van der Waals surface area contributed by atoms with Gasteiger partial charge in [0.05, 0.1) is 6.04 Å². The van der Waals surface area contributed by atoms with Crippen LogP contribution in [0.4, 0.5) is 0 Å². The lowest BCUT2D eigenvalue weighted by atomic mass is 10.1. The molecule has 2 aromatic carbocycles. The fourth-order valence-corrected chi connectivity index (χ4v) is 1.97. The van der Waals surface area contributed by atoms with Gasteiger partial charge in [0, 0.05) is 5.39 Å². The minimum Gasteiger partial charge on any atom is -0.483 e. The fraction of sp³-hybridized carbons (Fsp3) is 0.200. The third-order valence-corrected chi connectivity index (χ3v) is 2.97. The van der Waals surface area contributed by atoms with Crippen LogP contribution in [-0.4, -0.2) is 10.2 Å². The molecule has 1 atom stereocenters. The van der Waals surface area contributed by atoms with Gasteiger partial charge in [0.15, 0.2) is 6.61 Å². The zero-order chi connectivity index (χ0) is 13.9. The van der Waals surface area contributed by atoms with Crippen LogP contribution in [0.15, 0.2) is 46.9 Å². The second-order valence-electron chi connectivity index (χ2n) is 4.59. The maximum absolute atomic E-state index is 5.76. The van der Waals surface area contributed by atoms with E-state index in [1.165, 1.54) is 0 Å². The number of hydrogen-bond acceptors (Lipinski definition) is 5. The highest BCUT2D eigenvalue weighted by molar-refractivity contribution is 5.88. The third kappa shape index (κ3) is 2.48. The predicted molar refractivity (Wildman–Crippen MR) is 75.2 cm³/mol. The SMILES string of the molecule is CC(N)c1nnc(COc2cccc3ccccc23)o1. The van der Waals surface area contributed by atoms with Gasteiger partial charge in [-0.05, 0) is 18.4 Å². The smallest absolute Gasteiger partial charge is 0.253 e. The number of hydrogen-bond donors (Lipinski definition) is 1. The molecule has 102 valence electrons. The minimum absolute atomic E-state index is 0.230. The maximum atomic E-state index is 5.76. The van der Waals surface area contributed by atoms with Gasteiger partial charge in [-0.2, -0.15) is 0 Å². The highest BCUT2D eigenvalue weighted by Crippen LogP contribution is 2.25. The molecule has 20 heavy (non-hydrogen) atoms. The molecule has 0 radical (unpaired) electrons. The summed E-state index contributed by atoms with van der Waals surface area (Å²) in [7, 11) is 0. The van der Waals surface area contributed by atoms with E-state index < -0.39 is 0 Å². The van der Waals surface area contributed by atoms with Crippen LogP contribution < -0.4 is 10.5 Å². The first-order valence-electron chi connectivity index (χ1n) is 6.42. The topological polar surface area (TPSA) is 74.2 Å². The van der Waals surface area contributed by atoms with Gasteiger partial charge in [0.25, 0.3) is 5.89 Å². The second-order valence-corrected chi connectivity index (χ2v) is 4.59. The average molecular weight is 269 g/mol. The summed E-state index contributed by atoms with van der Waals surface area (Å²) in [6, 6.07) is 13.7. The summed E-state index contributed by atoms with van der Waals surface area (Å²) in [5, 5.41) is 9.97. The Hall–Kier alpha value is -2.40. The molecule has 5 heteroatoms. The molecule has 1 unspecified atom stereocenters. The molecule has 0 aliphatic carbocycles. The predicted octanol–water partition coefficient (Wildman–Crippen LogP) is 2.82. The van der Waals surface area contributed by atoms with Gasteiger partial charge < -0.3 is 14.9 Å². The first kappa shape index (κ1) is 12.6. The molecule has 0 bridgehead atoms. The van der Waals surface area contributed by atoms with Crippen molar-refractivity contribution in [3.8, 4) is 5.75 Å². The van der Waals surface area contributed by atoms with E-state index in [9.17, 15) is 0 Å². The van der Waals surface area contributed by atoms with Crippen molar-refractivity contribution in [1.82, 2.24) is 10.2 Å². The molecule has 0 amide bonds. The molecule has 3 rings (SSSR count). The van der Waals surface area contributed by atoms with Crippen molar-refractivity contribution in [2.45, 2.75) is 19.6 Å². The van der Waals surface area contributed by atoms with Gasteiger partial charge >= 0.3 is 0 Å². The molecule has 1 aromatic heterocycles. The van der Waals surface area contributed by atoms with Crippen molar-refractivity contribution in [1.29, 1.82) is 0 Å². The van der Waals surface area contributed by atoms with Crippen LogP contribution in [0.2, 0.25) is 0 Å². The highest BCUT2D eigenvalue weighted by Gasteiger charge is 2.10. The van der Waals surface area contributed by atoms with Crippen LogP contribution in [0, 0.1) is 0 Å². The standard InChI is InChI=1S/C15H15N3O2/c1-10(16)15-18-17-14(20-15)9-19-13-8-4-6-11-5-2-3-7-12(11)13/h2-8,10H,9,16H2,1H3. The van der Waals surface area contributed by atoms with Gasteiger partial charge in [0.1, 0.15) is 5.75 Å². The molecule has 0 aliphatic heterocycles. The molecular weight excluding hydrogens is 254 g/mol. The van der Waals surface area contributed by atoms with Crippen LogP contribution >= 0.6 is 0 Å². The molecule has 2 N–H and O–H groups in total. The summed E-state index contributed by atoms with van der Waals surface area (Å²) < 4.78 is 11.2. The third-order valence-electron chi connectivity index (χ3n) is 2.97. The normalized spacial score (nSPS) is 12.5. The lowest BCUT2D eigenvalue weighted by molar-refractivity contribution is 0.260. The zero-order valence-corrected chi connectivity index (χ0v) is 11.1. The largest absolute Gasteiger partial charge is 0.483 e. The van der Waals surface area contributed by atoms with Crippen LogP contribution in [-0.2, 0) is 6.61 Å². The fourth-order valence-electron chi connectivity index (χ4n) is 1.97. The van der Waals surface area contributed by atoms with E-state index in [4.69, 9.17) is 14.9 Å². The number of aromatic nitrogens is 2. The number of rotatable bonds is 4. The Bertz CT molecular complexity index is 716. The maximum Gasteiger partial charge on any atom is 0.253 e. The van der Waals surface area contributed by atoms with Crippen LogP contribution in [0.1, 0.15) is 24.7 Å². The van der Waals surface area contributed by atoms with Gasteiger partial charge in [-0.15, -0.1) is 10.2 Å². The molecular formula is C15H15N3O2. The quantitative estimate of drug-likeness (QED) is 0.788. The Morgan fingerprint density at radius 2 is 1.95 bits per heavy atom. The first-order chi connectivity index (χ1) is 9.74. The molecule has 0 fully saturated rings. The monoisotopic (exact) mass is 269 g/mol. The Kier molecular flexibility index (Phi) is 3.35. The molecule has 0 saturated heterocycles. The van der Waals surface area contributed by atoms with E-state index >= 15 is 0 Å². The number of nitrogens with zero attached hydrogens (tertiary/aromatic N) is 2. The summed E-state index contributed by atoms with van der Waals surface area (Å²) in [5.74, 6) is 1.63. The molecule has 0 aliphatic rings. The lowest BCUT2D eigenvalue weighted by Crippen LogP contribution is -2.04. The van der Waals surface area contributed by atoms with E-state index in [2.05, 4.69) is 10.2 Å². The highest BCUT2D eigenvalue weighted by atomic mass is 16.5. The number of nitrogens with two attached hydrogens (primary N) is 1. The number of ether oxygens (including phenoxy) is 1. The molecule has 5 nitrogen and oxygen atoms in total. The summed E-state index contributed by atoms with van der Waals surface area (Å²) >= 11 is 0. The molecule has 1 heterocycles. The van der Waals surface area contributed by atoms with E-state index in [-0.39, 0.29) is 12.6 Å². The second kappa shape index (κ2) is 5.30. The van der Waals surface area contributed by atoms with E-state index in [1.54, 1.807) is 6.92 Å². The van der Waals surface area contributed by atoms with Gasteiger partial charge in [-0.3, -0.25) is 0 Å². The van der Waals surface area contributed by atoms with Gasteiger partial charge in [0.2, 0.25) is 5.89 Å². The molecule has 3 aromatic rings. The Labute approximate surface area is 116 Å². The average Bonchev–Trinajstić information content (AvgIpc) is 2.94.